The molecule has 0 aliphatic carbocycles. The van der Waals surface area contributed by atoms with Crippen LogP contribution in [0.5, 0.6) is 0 Å². The smallest absolute Gasteiger partial charge is 0.327 e. The van der Waals surface area contributed by atoms with E-state index in [1.54, 1.807) is 0 Å². The molecule has 1 heterocycles. The Hall–Kier alpha value is -0.970. The molecule has 0 radical (unpaired) electrons. The highest BCUT2D eigenvalue weighted by Gasteiger charge is 2.33. The van der Waals surface area contributed by atoms with E-state index in [2.05, 4.69) is 6.58 Å². The molecule has 0 saturated carbocycles. The van der Waals surface area contributed by atoms with Gasteiger partial charge in [-0.1, -0.05) is 6.58 Å². The summed E-state index contributed by atoms with van der Waals surface area (Å²) in [6, 6.07) is -0.680. The van der Waals surface area contributed by atoms with Crippen molar-refractivity contribution < 1.29 is 14.7 Å². The van der Waals surface area contributed by atoms with Gasteiger partial charge in [0.2, 0.25) is 5.91 Å². The van der Waals surface area contributed by atoms with Gasteiger partial charge in [0.05, 0.1) is 5.88 Å². The molecule has 1 rings (SSSR count). The Morgan fingerprint density at radius 2 is 2.33 bits per heavy atom. The number of hydrogen-bond acceptors (Lipinski definition) is 3. The zero-order valence-corrected chi connectivity index (χ0v) is 7.21. The minimum Gasteiger partial charge on any atom is -0.480 e. The monoisotopic (exact) mass is 187 g/mol. The van der Waals surface area contributed by atoms with Gasteiger partial charge in [0, 0.05) is 5.75 Å². The maximum Gasteiger partial charge on any atom is 0.327 e. The Balaban J connectivity index is 2.69. The van der Waals surface area contributed by atoms with E-state index in [9.17, 15) is 9.59 Å². The number of carboxylic acids is 1. The topological polar surface area (TPSA) is 57.6 Å². The maximum atomic E-state index is 11.1. The Bertz CT molecular complexity index is 229. The van der Waals surface area contributed by atoms with Crippen molar-refractivity contribution in [2.45, 2.75) is 6.04 Å². The molecule has 1 aliphatic heterocycles. The van der Waals surface area contributed by atoms with E-state index < -0.39 is 12.0 Å². The van der Waals surface area contributed by atoms with Gasteiger partial charge in [-0.25, -0.2) is 4.79 Å². The third kappa shape index (κ3) is 1.61. The van der Waals surface area contributed by atoms with E-state index in [-0.39, 0.29) is 5.91 Å². The van der Waals surface area contributed by atoms with Gasteiger partial charge in [0.25, 0.3) is 0 Å². The van der Waals surface area contributed by atoms with E-state index >= 15 is 0 Å². The molecule has 0 aromatic heterocycles. The number of amides is 1. The molecule has 0 unspecified atom stereocenters. The number of carbonyl (C=O) groups excluding carboxylic acids is 1. The van der Waals surface area contributed by atoms with E-state index in [1.165, 1.54) is 16.7 Å². The number of thioether (sulfide) groups is 1. The lowest BCUT2D eigenvalue weighted by atomic mass is 10.3. The summed E-state index contributed by atoms with van der Waals surface area (Å²) in [5.74, 6) is -0.348. The van der Waals surface area contributed by atoms with Crippen molar-refractivity contribution in [2.24, 2.45) is 0 Å². The van der Waals surface area contributed by atoms with Crippen LogP contribution >= 0.6 is 11.8 Å². The lowest BCUT2D eigenvalue weighted by molar-refractivity contribution is -0.146. The van der Waals surface area contributed by atoms with Crippen LogP contribution in [0.25, 0.3) is 0 Å². The zero-order chi connectivity index (χ0) is 9.14. The highest BCUT2D eigenvalue weighted by atomic mass is 32.2. The van der Waals surface area contributed by atoms with Crippen molar-refractivity contribution in [1.82, 2.24) is 4.90 Å². The highest BCUT2D eigenvalue weighted by molar-refractivity contribution is 7.99. The van der Waals surface area contributed by atoms with E-state index in [4.69, 9.17) is 5.11 Å². The molecule has 1 saturated heterocycles. The van der Waals surface area contributed by atoms with Gasteiger partial charge < -0.3 is 10.0 Å². The number of nitrogens with zero attached hydrogens (tertiary/aromatic N) is 1. The molecule has 1 atom stereocenters. The number of rotatable bonds is 2. The van der Waals surface area contributed by atoms with Crippen LogP contribution in [0.2, 0.25) is 0 Å². The Morgan fingerprint density at radius 3 is 2.83 bits per heavy atom. The zero-order valence-electron chi connectivity index (χ0n) is 6.40. The SMILES string of the molecule is C=CC(=O)N1CSC[C@H]1C(=O)O. The van der Waals surface area contributed by atoms with Gasteiger partial charge in [-0.2, -0.15) is 0 Å². The molecular weight excluding hydrogens is 178 g/mol. The minimum atomic E-state index is -0.949. The normalized spacial score (nSPS) is 22.3. The summed E-state index contributed by atoms with van der Waals surface area (Å²) in [6.45, 7) is 3.31. The van der Waals surface area contributed by atoms with Crippen LogP contribution in [0.15, 0.2) is 12.7 Å². The summed E-state index contributed by atoms with van der Waals surface area (Å²) in [5.41, 5.74) is 0. The first-order chi connectivity index (χ1) is 5.66. The van der Waals surface area contributed by atoms with E-state index in [1.807, 2.05) is 0 Å². The summed E-state index contributed by atoms with van der Waals surface area (Å²) in [7, 11) is 0. The lowest BCUT2D eigenvalue weighted by Crippen LogP contribution is -2.40. The van der Waals surface area contributed by atoms with Crippen molar-refractivity contribution in [3.8, 4) is 0 Å². The first kappa shape index (κ1) is 9.12. The third-order valence-corrected chi connectivity index (χ3v) is 2.64. The largest absolute Gasteiger partial charge is 0.480 e. The van der Waals surface area contributed by atoms with Crippen molar-refractivity contribution in [2.75, 3.05) is 11.6 Å². The second kappa shape index (κ2) is 3.62. The Morgan fingerprint density at radius 1 is 1.67 bits per heavy atom. The lowest BCUT2D eigenvalue weighted by Gasteiger charge is -2.17. The van der Waals surface area contributed by atoms with Crippen molar-refractivity contribution >= 4 is 23.6 Å². The first-order valence-electron chi connectivity index (χ1n) is 3.40. The predicted octanol–water partition coefficient (Wildman–Crippen LogP) is 0.159. The molecule has 1 fully saturated rings. The molecular formula is C7H9NO3S. The average Bonchev–Trinajstić information content (AvgIpc) is 2.50. The van der Waals surface area contributed by atoms with E-state index in [0.29, 0.717) is 11.6 Å². The predicted molar refractivity (Wildman–Crippen MR) is 45.8 cm³/mol. The molecule has 12 heavy (non-hydrogen) atoms. The molecule has 0 aromatic rings. The molecule has 5 heteroatoms. The Labute approximate surface area is 74.2 Å². The molecule has 4 nitrogen and oxygen atoms in total. The summed E-state index contributed by atoms with van der Waals surface area (Å²) in [5, 5.41) is 8.69. The number of aliphatic carboxylic acids is 1. The quantitative estimate of drug-likeness (QED) is 0.625. The maximum absolute atomic E-state index is 11.1. The molecule has 0 spiro atoms. The molecule has 1 aliphatic rings. The fraction of sp³-hybridized carbons (Fsp3) is 0.429. The minimum absolute atomic E-state index is 0.313. The number of carbonyl (C=O) groups is 2. The van der Waals surface area contributed by atoms with Crippen LogP contribution in [0, 0.1) is 0 Å². The number of carboxylic acid groups (broad SMARTS) is 1. The van der Waals surface area contributed by atoms with Crippen LogP contribution in [-0.4, -0.2) is 39.6 Å². The van der Waals surface area contributed by atoms with Gasteiger partial charge in [-0.3, -0.25) is 4.79 Å². The average molecular weight is 187 g/mol. The van der Waals surface area contributed by atoms with Crippen LogP contribution in [0.4, 0.5) is 0 Å². The molecule has 1 N–H and O–H groups in total. The number of hydrogen-bond donors (Lipinski definition) is 1. The van der Waals surface area contributed by atoms with Gasteiger partial charge >= 0.3 is 5.97 Å². The van der Waals surface area contributed by atoms with Crippen molar-refractivity contribution in [3.05, 3.63) is 12.7 Å². The van der Waals surface area contributed by atoms with Crippen LogP contribution in [0.3, 0.4) is 0 Å². The van der Waals surface area contributed by atoms with Gasteiger partial charge in [-0.05, 0) is 6.08 Å². The van der Waals surface area contributed by atoms with Gasteiger partial charge in [0.1, 0.15) is 6.04 Å². The summed E-state index contributed by atoms with van der Waals surface area (Å²) < 4.78 is 0. The molecule has 66 valence electrons. The highest BCUT2D eigenvalue weighted by Crippen LogP contribution is 2.20. The Kier molecular flexibility index (Phi) is 2.75. The van der Waals surface area contributed by atoms with Crippen LogP contribution in [0.1, 0.15) is 0 Å². The summed E-state index contributed by atoms with van der Waals surface area (Å²) >= 11 is 1.44. The van der Waals surface area contributed by atoms with E-state index in [0.717, 1.165) is 6.08 Å². The second-order valence-corrected chi connectivity index (χ2v) is 3.37. The van der Waals surface area contributed by atoms with Crippen LogP contribution < -0.4 is 0 Å². The van der Waals surface area contributed by atoms with Crippen molar-refractivity contribution in [3.63, 3.8) is 0 Å². The third-order valence-electron chi connectivity index (χ3n) is 1.63. The fourth-order valence-corrected chi connectivity index (χ4v) is 2.14. The van der Waals surface area contributed by atoms with Gasteiger partial charge in [0.15, 0.2) is 0 Å². The fourth-order valence-electron chi connectivity index (χ4n) is 0.982. The molecule has 0 bridgehead atoms. The van der Waals surface area contributed by atoms with Crippen molar-refractivity contribution in [1.29, 1.82) is 0 Å². The second-order valence-electron chi connectivity index (χ2n) is 2.37. The van der Waals surface area contributed by atoms with Crippen LogP contribution in [-0.2, 0) is 9.59 Å². The summed E-state index contributed by atoms with van der Waals surface area (Å²) in [4.78, 5) is 23.0. The standard InChI is InChI=1S/C7H9NO3S/c1-2-6(9)8-4-12-3-5(8)7(10)11/h2,5H,1,3-4H2,(H,10,11)/t5-/m0/s1. The first-order valence-corrected chi connectivity index (χ1v) is 4.56. The molecule has 1 amide bonds. The van der Waals surface area contributed by atoms with Gasteiger partial charge in [-0.15, -0.1) is 11.8 Å². The molecule has 0 aromatic carbocycles. The summed E-state index contributed by atoms with van der Waals surface area (Å²) in [6.07, 6.45) is 1.14.